The minimum absolute atomic E-state index is 0.193. The number of carbonyl (C=O) groups excluding carboxylic acids is 2. The number of nitrogens with zero attached hydrogens (tertiary/aromatic N) is 1. The summed E-state index contributed by atoms with van der Waals surface area (Å²) in [7, 11) is 3.13. The molecule has 0 saturated heterocycles. The highest BCUT2D eigenvalue weighted by molar-refractivity contribution is 6.35. The number of likely N-dealkylation sites (N-methyl/N-ethyl adjacent to an activating group) is 1. The van der Waals surface area contributed by atoms with Crippen molar-refractivity contribution in [3.8, 4) is 11.5 Å². The largest absolute Gasteiger partial charge is 0.497 e. The van der Waals surface area contributed by atoms with Crippen LogP contribution in [-0.2, 0) is 22.6 Å². The highest BCUT2D eigenvalue weighted by atomic mass is 35.5. The maximum absolute atomic E-state index is 13.4. The van der Waals surface area contributed by atoms with Gasteiger partial charge in [0.1, 0.15) is 17.5 Å². The quantitative estimate of drug-likeness (QED) is 0.435. The van der Waals surface area contributed by atoms with Gasteiger partial charge in [0.15, 0.2) is 6.61 Å². The summed E-state index contributed by atoms with van der Waals surface area (Å²) in [5.41, 5.74) is 1.75. The molecule has 0 bridgehead atoms. The average Bonchev–Trinajstić information content (AvgIpc) is 2.85. The monoisotopic (exact) mass is 500 g/mol. The summed E-state index contributed by atoms with van der Waals surface area (Å²) in [6, 6.07) is 20.9. The molecule has 8 heteroatoms. The minimum Gasteiger partial charge on any atom is -0.497 e. The Kier molecular flexibility index (Phi) is 9.19. The third-order valence-electron chi connectivity index (χ3n) is 5.25. The summed E-state index contributed by atoms with van der Waals surface area (Å²) < 4.78 is 11.0. The lowest BCUT2D eigenvalue weighted by molar-refractivity contribution is -0.142. The number of nitrogens with one attached hydrogen (secondary N) is 1. The number of carbonyl (C=O) groups is 2. The van der Waals surface area contributed by atoms with Gasteiger partial charge in [-0.05, 0) is 41.5 Å². The van der Waals surface area contributed by atoms with E-state index in [4.69, 9.17) is 32.7 Å². The Bertz CT molecular complexity index is 1120. The fraction of sp³-hybridized carbons (Fsp3) is 0.231. The molecule has 0 fully saturated rings. The fourth-order valence-corrected chi connectivity index (χ4v) is 3.97. The van der Waals surface area contributed by atoms with Crippen molar-refractivity contribution in [1.29, 1.82) is 0 Å². The van der Waals surface area contributed by atoms with Crippen LogP contribution in [0.4, 0.5) is 0 Å². The van der Waals surface area contributed by atoms with Crippen LogP contribution in [0.5, 0.6) is 11.5 Å². The lowest BCUT2D eigenvalue weighted by Crippen LogP contribution is -2.51. The molecule has 3 aromatic carbocycles. The van der Waals surface area contributed by atoms with Crippen molar-refractivity contribution in [3.05, 3.63) is 94.0 Å². The molecule has 34 heavy (non-hydrogen) atoms. The molecule has 0 heterocycles. The van der Waals surface area contributed by atoms with E-state index in [1.54, 1.807) is 32.4 Å². The number of hydrogen-bond acceptors (Lipinski definition) is 4. The van der Waals surface area contributed by atoms with Gasteiger partial charge in [-0.3, -0.25) is 9.59 Å². The van der Waals surface area contributed by atoms with E-state index < -0.39 is 6.04 Å². The first-order chi connectivity index (χ1) is 16.4. The highest BCUT2D eigenvalue weighted by Crippen LogP contribution is 2.27. The molecule has 178 valence electrons. The molecular formula is C26H26Cl2N2O4. The van der Waals surface area contributed by atoms with E-state index >= 15 is 0 Å². The van der Waals surface area contributed by atoms with Gasteiger partial charge in [-0.25, -0.2) is 0 Å². The highest BCUT2D eigenvalue weighted by Gasteiger charge is 2.30. The maximum atomic E-state index is 13.4. The van der Waals surface area contributed by atoms with Crippen molar-refractivity contribution in [1.82, 2.24) is 10.2 Å². The Morgan fingerprint density at radius 3 is 2.38 bits per heavy atom. The number of benzene rings is 3. The molecule has 0 aliphatic carbocycles. The van der Waals surface area contributed by atoms with Crippen LogP contribution in [0.25, 0.3) is 0 Å². The molecule has 2 amide bonds. The van der Waals surface area contributed by atoms with Crippen LogP contribution in [0.1, 0.15) is 11.1 Å². The normalized spacial score (nSPS) is 11.4. The molecule has 6 nitrogen and oxygen atoms in total. The van der Waals surface area contributed by atoms with Crippen LogP contribution in [0.3, 0.4) is 0 Å². The lowest BCUT2D eigenvalue weighted by atomic mass is 10.0. The summed E-state index contributed by atoms with van der Waals surface area (Å²) in [5.74, 6) is 0.358. The average molecular weight is 501 g/mol. The Morgan fingerprint density at radius 1 is 0.971 bits per heavy atom. The standard InChI is InChI=1S/C26H26Cl2N2O4/c1-29-26(32)23(14-18-7-4-3-5-8-18)30(16-19-9-6-10-21(13-19)33-2)25(31)17-34-24-12-11-20(27)15-22(24)28/h3-13,15,23H,14,16-17H2,1-2H3,(H,29,32)/t23-/m1/s1. The topological polar surface area (TPSA) is 67.9 Å². The first kappa shape index (κ1) is 25.4. The van der Waals surface area contributed by atoms with Gasteiger partial charge in [-0.15, -0.1) is 0 Å². The summed E-state index contributed by atoms with van der Waals surface area (Å²) in [4.78, 5) is 27.9. The van der Waals surface area contributed by atoms with Gasteiger partial charge < -0.3 is 19.7 Å². The van der Waals surface area contributed by atoms with Crippen LogP contribution in [0.15, 0.2) is 72.8 Å². The number of ether oxygens (including phenoxy) is 2. The molecule has 0 saturated carbocycles. The smallest absolute Gasteiger partial charge is 0.261 e. The summed E-state index contributed by atoms with van der Waals surface area (Å²) in [6.07, 6.45) is 0.345. The van der Waals surface area contributed by atoms with Crippen molar-refractivity contribution >= 4 is 35.0 Å². The molecule has 3 aromatic rings. The van der Waals surface area contributed by atoms with Crippen LogP contribution in [-0.4, -0.2) is 43.5 Å². The van der Waals surface area contributed by atoms with Crippen LogP contribution < -0.4 is 14.8 Å². The molecule has 1 atom stereocenters. The second-order valence-electron chi connectivity index (χ2n) is 7.56. The van der Waals surface area contributed by atoms with Gasteiger partial charge >= 0.3 is 0 Å². The van der Waals surface area contributed by atoms with Crippen LogP contribution >= 0.6 is 23.2 Å². The second-order valence-corrected chi connectivity index (χ2v) is 8.40. The van der Waals surface area contributed by atoms with E-state index in [1.165, 1.54) is 4.90 Å². The van der Waals surface area contributed by atoms with E-state index in [9.17, 15) is 9.59 Å². The Labute approximate surface area is 209 Å². The van der Waals surface area contributed by atoms with Crippen LogP contribution in [0.2, 0.25) is 10.0 Å². The zero-order chi connectivity index (χ0) is 24.5. The molecule has 0 spiro atoms. The van der Waals surface area contributed by atoms with Gasteiger partial charge in [-0.2, -0.15) is 0 Å². The Balaban J connectivity index is 1.89. The van der Waals surface area contributed by atoms with Gasteiger partial charge in [-0.1, -0.05) is 65.7 Å². The van der Waals surface area contributed by atoms with Crippen molar-refractivity contribution in [2.75, 3.05) is 20.8 Å². The second kappa shape index (κ2) is 12.3. The van der Waals surface area contributed by atoms with E-state index in [1.807, 2.05) is 54.6 Å². The van der Waals surface area contributed by atoms with Gasteiger partial charge in [0.05, 0.1) is 12.1 Å². The molecular weight excluding hydrogens is 475 g/mol. The molecule has 0 aliphatic heterocycles. The summed E-state index contributed by atoms with van der Waals surface area (Å²) in [6.45, 7) is -0.105. The Morgan fingerprint density at radius 2 is 1.71 bits per heavy atom. The third kappa shape index (κ3) is 6.89. The molecule has 3 rings (SSSR count). The van der Waals surface area contributed by atoms with E-state index in [0.717, 1.165) is 11.1 Å². The zero-order valence-electron chi connectivity index (χ0n) is 19.0. The molecule has 0 aromatic heterocycles. The number of halogens is 2. The predicted molar refractivity (Wildman–Crippen MR) is 134 cm³/mol. The van der Waals surface area contributed by atoms with Crippen molar-refractivity contribution in [2.24, 2.45) is 0 Å². The summed E-state index contributed by atoms with van der Waals surface area (Å²) in [5, 5.41) is 3.45. The SMILES string of the molecule is CNC(=O)[C@@H](Cc1ccccc1)N(Cc1cccc(OC)c1)C(=O)COc1ccc(Cl)cc1Cl. The van der Waals surface area contributed by atoms with E-state index in [-0.39, 0.29) is 25.0 Å². The van der Waals surface area contributed by atoms with Crippen molar-refractivity contribution in [2.45, 2.75) is 19.0 Å². The van der Waals surface area contributed by atoms with Crippen LogP contribution in [0, 0.1) is 0 Å². The van der Waals surface area contributed by atoms with Gasteiger partial charge in [0.25, 0.3) is 5.91 Å². The maximum Gasteiger partial charge on any atom is 0.261 e. The number of rotatable bonds is 10. The lowest BCUT2D eigenvalue weighted by Gasteiger charge is -2.31. The van der Waals surface area contributed by atoms with Gasteiger partial charge in [0, 0.05) is 25.0 Å². The van der Waals surface area contributed by atoms with E-state index in [0.29, 0.717) is 28.0 Å². The number of hydrogen-bond donors (Lipinski definition) is 1. The molecule has 0 aliphatic rings. The first-order valence-electron chi connectivity index (χ1n) is 10.7. The summed E-state index contributed by atoms with van der Waals surface area (Å²) >= 11 is 12.1. The minimum atomic E-state index is -0.754. The fourth-order valence-electron chi connectivity index (χ4n) is 3.50. The number of methoxy groups -OCH3 is 1. The zero-order valence-corrected chi connectivity index (χ0v) is 20.5. The predicted octanol–water partition coefficient (Wildman–Crippen LogP) is 4.77. The van der Waals surface area contributed by atoms with Crippen molar-refractivity contribution in [3.63, 3.8) is 0 Å². The third-order valence-corrected chi connectivity index (χ3v) is 5.78. The molecule has 0 unspecified atom stereocenters. The van der Waals surface area contributed by atoms with E-state index in [2.05, 4.69) is 5.32 Å². The van der Waals surface area contributed by atoms with Crippen molar-refractivity contribution < 1.29 is 19.1 Å². The van der Waals surface area contributed by atoms with Gasteiger partial charge in [0.2, 0.25) is 5.91 Å². The number of amides is 2. The Hall–Kier alpha value is -3.22. The first-order valence-corrected chi connectivity index (χ1v) is 11.4. The molecule has 0 radical (unpaired) electrons. The molecule has 1 N–H and O–H groups in total.